The first-order valence-electron chi connectivity index (χ1n) is 4.78. The molecule has 0 unspecified atom stereocenters. The predicted molar refractivity (Wildman–Crippen MR) is 73.1 cm³/mol. The van der Waals surface area contributed by atoms with Gasteiger partial charge in [-0.05, 0) is 41.1 Å². The van der Waals surface area contributed by atoms with Gasteiger partial charge in [0.05, 0.1) is 10.0 Å². The Bertz CT molecular complexity index is 560. The minimum absolute atomic E-state index is 0.420. The number of halogens is 2. The summed E-state index contributed by atoms with van der Waals surface area (Å²) < 4.78 is 7.48. The molecule has 0 amide bonds. The number of hydrogen-bond donors (Lipinski definition) is 1. The maximum atomic E-state index is 5.69. The summed E-state index contributed by atoms with van der Waals surface area (Å²) in [4.78, 5) is 7.94. The Labute approximate surface area is 115 Å². The molecular weight excluding hydrogens is 350 g/mol. The zero-order chi connectivity index (χ0) is 12.4. The number of hydrogen-bond acceptors (Lipinski definition) is 4. The van der Waals surface area contributed by atoms with Crippen LogP contribution in [0.5, 0.6) is 11.6 Å². The number of ether oxygens (including phenoxy) is 1. The molecule has 2 N–H and O–H groups in total. The normalized spacial score (nSPS) is 10.3. The van der Waals surface area contributed by atoms with Gasteiger partial charge in [-0.2, -0.15) is 0 Å². The zero-order valence-electron chi connectivity index (χ0n) is 8.95. The summed E-state index contributed by atoms with van der Waals surface area (Å²) in [5.74, 6) is 1.55. The molecule has 0 saturated carbocycles. The monoisotopic (exact) mass is 357 g/mol. The molecule has 17 heavy (non-hydrogen) atoms. The van der Waals surface area contributed by atoms with E-state index in [1.54, 1.807) is 0 Å². The molecule has 88 valence electrons. The third-order valence-corrected chi connectivity index (χ3v) is 3.29. The highest BCUT2D eigenvalue weighted by atomic mass is 79.9. The standard InChI is InChI=1S/C11H9Br2N3O/c1-6-10(14)15-5-16-11(6)17-9-3-2-7(12)4-8(9)13/h2-5H,1H3,(H2,14,15,16). The molecule has 0 aliphatic heterocycles. The van der Waals surface area contributed by atoms with Crippen LogP contribution in [-0.4, -0.2) is 9.97 Å². The van der Waals surface area contributed by atoms with Gasteiger partial charge in [0, 0.05) is 4.47 Å². The first-order chi connectivity index (χ1) is 8.08. The Hall–Kier alpha value is -1.14. The topological polar surface area (TPSA) is 61.0 Å². The van der Waals surface area contributed by atoms with Crippen molar-refractivity contribution in [1.82, 2.24) is 9.97 Å². The van der Waals surface area contributed by atoms with Crippen LogP contribution in [0.15, 0.2) is 33.5 Å². The summed E-state index contributed by atoms with van der Waals surface area (Å²) >= 11 is 6.79. The highest BCUT2D eigenvalue weighted by Gasteiger charge is 2.09. The molecule has 0 aliphatic rings. The Kier molecular flexibility index (Phi) is 3.63. The van der Waals surface area contributed by atoms with Crippen LogP contribution in [0.1, 0.15) is 5.56 Å². The lowest BCUT2D eigenvalue weighted by Crippen LogP contribution is -1.99. The average Bonchev–Trinajstić information content (AvgIpc) is 2.28. The Balaban J connectivity index is 2.35. The van der Waals surface area contributed by atoms with E-state index in [0.717, 1.165) is 14.5 Å². The van der Waals surface area contributed by atoms with Gasteiger partial charge in [0.1, 0.15) is 17.9 Å². The number of rotatable bonds is 2. The lowest BCUT2D eigenvalue weighted by atomic mass is 10.3. The van der Waals surface area contributed by atoms with E-state index in [9.17, 15) is 0 Å². The molecule has 0 fully saturated rings. The van der Waals surface area contributed by atoms with Crippen molar-refractivity contribution < 1.29 is 4.74 Å². The molecule has 0 saturated heterocycles. The fourth-order valence-electron chi connectivity index (χ4n) is 1.21. The van der Waals surface area contributed by atoms with Crippen LogP contribution in [0.4, 0.5) is 5.82 Å². The maximum absolute atomic E-state index is 5.69. The van der Waals surface area contributed by atoms with Crippen molar-refractivity contribution in [2.75, 3.05) is 5.73 Å². The lowest BCUT2D eigenvalue weighted by molar-refractivity contribution is 0.455. The van der Waals surface area contributed by atoms with Crippen LogP contribution in [-0.2, 0) is 0 Å². The smallest absolute Gasteiger partial charge is 0.227 e. The number of anilines is 1. The van der Waals surface area contributed by atoms with E-state index in [2.05, 4.69) is 41.8 Å². The molecule has 0 atom stereocenters. The Morgan fingerprint density at radius 2 is 2.00 bits per heavy atom. The second-order valence-corrected chi connectivity index (χ2v) is 5.14. The van der Waals surface area contributed by atoms with E-state index in [4.69, 9.17) is 10.5 Å². The first-order valence-corrected chi connectivity index (χ1v) is 6.36. The van der Waals surface area contributed by atoms with Crippen molar-refractivity contribution in [2.45, 2.75) is 6.92 Å². The molecule has 1 aromatic heterocycles. The number of nitrogens with zero attached hydrogens (tertiary/aromatic N) is 2. The summed E-state index contributed by atoms with van der Waals surface area (Å²) in [6.45, 7) is 1.82. The van der Waals surface area contributed by atoms with Gasteiger partial charge in [-0.25, -0.2) is 9.97 Å². The van der Waals surface area contributed by atoms with Crippen LogP contribution < -0.4 is 10.5 Å². The summed E-state index contributed by atoms with van der Waals surface area (Å²) in [6.07, 6.45) is 1.38. The van der Waals surface area contributed by atoms with E-state index >= 15 is 0 Å². The quantitative estimate of drug-likeness (QED) is 0.889. The van der Waals surface area contributed by atoms with Gasteiger partial charge in [-0.1, -0.05) is 15.9 Å². The number of nitrogen functional groups attached to an aromatic ring is 1. The molecule has 4 nitrogen and oxygen atoms in total. The third kappa shape index (κ3) is 2.76. The van der Waals surface area contributed by atoms with E-state index in [1.807, 2.05) is 25.1 Å². The van der Waals surface area contributed by atoms with E-state index in [1.165, 1.54) is 6.33 Å². The third-order valence-electron chi connectivity index (χ3n) is 2.18. The minimum atomic E-state index is 0.420. The highest BCUT2D eigenvalue weighted by Crippen LogP contribution is 2.32. The second kappa shape index (κ2) is 5.01. The van der Waals surface area contributed by atoms with E-state index < -0.39 is 0 Å². The van der Waals surface area contributed by atoms with Crippen molar-refractivity contribution in [3.8, 4) is 11.6 Å². The van der Waals surface area contributed by atoms with Crippen LogP contribution in [0.3, 0.4) is 0 Å². The lowest BCUT2D eigenvalue weighted by Gasteiger charge is -2.09. The van der Waals surface area contributed by atoms with Crippen LogP contribution in [0.2, 0.25) is 0 Å². The average molecular weight is 359 g/mol. The predicted octanol–water partition coefficient (Wildman–Crippen LogP) is 3.68. The van der Waals surface area contributed by atoms with Crippen molar-refractivity contribution in [3.05, 3.63) is 39.0 Å². The van der Waals surface area contributed by atoms with Gasteiger partial charge >= 0.3 is 0 Å². The van der Waals surface area contributed by atoms with Gasteiger partial charge in [0.2, 0.25) is 5.88 Å². The Morgan fingerprint density at radius 3 is 2.71 bits per heavy atom. The number of nitrogens with two attached hydrogens (primary N) is 1. The second-order valence-electron chi connectivity index (χ2n) is 3.37. The molecule has 0 aliphatic carbocycles. The fraction of sp³-hybridized carbons (Fsp3) is 0.0909. The molecule has 2 aromatic rings. The van der Waals surface area contributed by atoms with Crippen molar-refractivity contribution >= 4 is 37.7 Å². The molecule has 0 radical (unpaired) electrons. The largest absolute Gasteiger partial charge is 0.437 e. The molecule has 0 bridgehead atoms. The van der Waals surface area contributed by atoms with Gasteiger partial charge in [-0.3, -0.25) is 0 Å². The fourth-order valence-corrected chi connectivity index (χ4v) is 2.34. The molecular formula is C11H9Br2N3O. The zero-order valence-corrected chi connectivity index (χ0v) is 12.1. The maximum Gasteiger partial charge on any atom is 0.227 e. The van der Waals surface area contributed by atoms with Crippen LogP contribution >= 0.6 is 31.9 Å². The highest BCUT2D eigenvalue weighted by molar-refractivity contribution is 9.11. The summed E-state index contributed by atoms with van der Waals surface area (Å²) in [7, 11) is 0. The van der Waals surface area contributed by atoms with Crippen molar-refractivity contribution in [1.29, 1.82) is 0 Å². The minimum Gasteiger partial charge on any atom is -0.437 e. The van der Waals surface area contributed by atoms with Gasteiger partial charge in [0.15, 0.2) is 0 Å². The SMILES string of the molecule is Cc1c(N)ncnc1Oc1ccc(Br)cc1Br. The Morgan fingerprint density at radius 1 is 1.24 bits per heavy atom. The van der Waals surface area contributed by atoms with Crippen molar-refractivity contribution in [2.24, 2.45) is 0 Å². The van der Waals surface area contributed by atoms with Gasteiger partial charge in [-0.15, -0.1) is 0 Å². The van der Waals surface area contributed by atoms with Crippen LogP contribution in [0, 0.1) is 6.92 Å². The summed E-state index contributed by atoms with van der Waals surface area (Å²) in [6, 6.07) is 5.63. The van der Waals surface area contributed by atoms with E-state index in [-0.39, 0.29) is 0 Å². The van der Waals surface area contributed by atoms with Gasteiger partial charge in [0.25, 0.3) is 0 Å². The van der Waals surface area contributed by atoms with Crippen LogP contribution in [0.25, 0.3) is 0 Å². The molecule has 1 heterocycles. The molecule has 2 rings (SSSR count). The first kappa shape index (κ1) is 12.3. The van der Waals surface area contributed by atoms with Crippen molar-refractivity contribution in [3.63, 3.8) is 0 Å². The van der Waals surface area contributed by atoms with Gasteiger partial charge < -0.3 is 10.5 Å². The summed E-state index contributed by atoms with van der Waals surface area (Å²) in [5, 5.41) is 0. The number of aromatic nitrogens is 2. The summed E-state index contributed by atoms with van der Waals surface area (Å²) in [5.41, 5.74) is 6.41. The van der Waals surface area contributed by atoms with E-state index in [0.29, 0.717) is 17.4 Å². The molecule has 0 spiro atoms. The molecule has 1 aromatic carbocycles. The molecule has 6 heteroatoms. The number of benzene rings is 1.